The molecule has 0 radical (unpaired) electrons. The maximum Gasteiger partial charge on any atom is 0.263 e. The molecule has 0 saturated heterocycles. The first-order chi connectivity index (χ1) is 14.1. The van der Waals surface area contributed by atoms with Gasteiger partial charge in [-0.1, -0.05) is 36.4 Å². The number of nitrogen functional groups attached to an aromatic ring is 1. The van der Waals surface area contributed by atoms with Crippen LogP contribution >= 0.6 is 0 Å². The van der Waals surface area contributed by atoms with Crippen LogP contribution in [0.15, 0.2) is 78.9 Å². The van der Waals surface area contributed by atoms with Gasteiger partial charge in [-0.25, -0.2) is 0 Å². The Balaban J connectivity index is 1.77. The fourth-order valence-corrected chi connectivity index (χ4v) is 3.29. The number of amides is 1. The van der Waals surface area contributed by atoms with Gasteiger partial charge < -0.3 is 15.8 Å². The lowest BCUT2D eigenvalue weighted by atomic mass is 10.1. The molecule has 0 spiro atoms. The number of carbonyl (C=O) groups excluding carboxylic acids is 2. The van der Waals surface area contributed by atoms with E-state index >= 15 is 0 Å². The zero-order valence-electron chi connectivity index (χ0n) is 15.8. The molecule has 6 heteroatoms. The number of para-hydroxylation sites is 1. The highest BCUT2D eigenvalue weighted by Gasteiger charge is 2.24. The van der Waals surface area contributed by atoms with E-state index in [-0.39, 0.29) is 23.2 Å². The molecular formula is C23H19N3O3. The van der Waals surface area contributed by atoms with Crippen LogP contribution in [0.2, 0.25) is 0 Å². The van der Waals surface area contributed by atoms with Crippen LogP contribution < -0.4 is 15.8 Å². The summed E-state index contributed by atoms with van der Waals surface area (Å²) < 4.78 is 6.52. The summed E-state index contributed by atoms with van der Waals surface area (Å²) in [5, 5.41) is 3.45. The van der Waals surface area contributed by atoms with E-state index in [1.165, 1.54) is 4.57 Å². The van der Waals surface area contributed by atoms with Crippen molar-refractivity contribution >= 4 is 34.2 Å². The summed E-state index contributed by atoms with van der Waals surface area (Å²) >= 11 is 0. The maximum atomic E-state index is 13.1. The van der Waals surface area contributed by atoms with E-state index in [1.807, 2.05) is 18.2 Å². The minimum atomic E-state index is -0.386. The van der Waals surface area contributed by atoms with E-state index in [0.717, 1.165) is 0 Å². The van der Waals surface area contributed by atoms with Gasteiger partial charge >= 0.3 is 0 Å². The molecule has 0 unspecified atom stereocenters. The SMILES string of the molecule is COc1ccc(NC(=O)c2c(N)n(C(=O)c3ccccc3)c3ccccc23)cc1. The number of anilines is 2. The van der Waals surface area contributed by atoms with Crippen LogP contribution in [0.25, 0.3) is 10.9 Å². The first kappa shape index (κ1) is 18.3. The molecule has 1 heterocycles. The fraction of sp³-hybridized carbons (Fsp3) is 0.0435. The lowest BCUT2D eigenvalue weighted by molar-refractivity contribution is 0.0967. The van der Waals surface area contributed by atoms with Gasteiger partial charge in [0, 0.05) is 16.6 Å². The fourth-order valence-electron chi connectivity index (χ4n) is 3.29. The second-order valence-corrected chi connectivity index (χ2v) is 6.47. The minimum absolute atomic E-state index is 0.103. The summed E-state index contributed by atoms with van der Waals surface area (Å²) in [6.45, 7) is 0. The Morgan fingerprint density at radius 2 is 1.55 bits per heavy atom. The maximum absolute atomic E-state index is 13.1. The van der Waals surface area contributed by atoms with Gasteiger partial charge in [-0.3, -0.25) is 14.2 Å². The Morgan fingerprint density at radius 1 is 0.897 bits per heavy atom. The zero-order chi connectivity index (χ0) is 20.4. The van der Waals surface area contributed by atoms with Crippen molar-refractivity contribution in [1.29, 1.82) is 0 Å². The van der Waals surface area contributed by atoms with E-state index in [2.05, 4.69) is 5.32 Å². The van der Waals surface area contributed by atoms with Crippen LogP contribution in [-0.2, 0) is 0 Å². The summed E-state index contributed by atoms with van der Waals surface area (Å²) in [5.41, 5.74) is 8.25. The molecule has 3 N–H and O–H groups in total. The van der Waals surface area contributed by atoms with Gasteiger partial charge in [0.25, 0.3) is 11.8 Å². The molecule has 0 fully saturated rings. The third-order valence-corrected chi connectivity index (χ3v) is 4.71. The molecule has 0 aliphatic carbocycles. The third-order valence-electron chi connectivity index (χ3n) is 4.71. The molecule has 6 nitrogen and oxygen atoms in total. The molecule has 4 rings (SSSR count). The lowest BCUT2D eigenvalue weighted by Crippen LogP contribution is -2.17. The third kappa shape index (κ3) is 3.32. The average molecular weight is 385 g/mol. The van der Waals surface area contributed by atoms with E-state index in [0.29, 0.717) is 27.9 Å². The van der Waals surface area contributed by atoms with Crippen molar-refractivity contribution in [2.45, 2.75) is 0 Å². The van der Waals surface area contributed by atoms with Crippen LogP contribution in [0.5, 0.6) is 5.75 Å². The van der Waals surface area contributed by atoms with Crippen molar-refractivity contribution in [3.8, 4) is 5.75 Å². The molecule has 29 heavy (non-hydrogen) atoms. The highest BCUT2D eigenvalue weighted by atomic mass is 16.5. The van der Waals surface area contributed by atoms with Crippen LogP contribution in [0, 0.1) is 0 Å². The predicted molar refractivity (Wildman–Crippen MR) is 113 cm³/mol. The van der Waals surface area contributed by atoms with E-state index in [4.69, 9.17) is 10.5 Å². The molecule has 1 amide bonds. The Hall–Kier alpha value is -4.06. The van der Waals surface area contributed by atoms with E-state index < -0.39 is 0 Å². The molecular weight excluding hydrogens is 366 g/mol. The van der Waals surface area contributed by atoms with Gasteiger partial charge in [-0.2, -0.15) is 0 Å². The molecule has 1 aromatic heterocycles. The van der Waals surface area contributed by atoms with E-state index in [9.17, 15) is 9.59 Å². The average Bonchev–Trinajstić information content (AvgIpc) is 3.06. The normalized spacial score (nSPS) is 10.7. The number of nitrogens with zero attached hydrogens (tertiary/aromatic N) is 1. The lowest BCUT2D eigenvalue weighted by Gasteiger charge is -2.08. The van der Waals surface area contributed by atoms with Crippen molar-refractivity contribution in [2.24, 2.45) is 0 Å². The minimum Gasteiger partial charge on any atom is -0.497 e. The first-order valence-electron chi connectivity index (χ1n) is 9.04. The standard InChI is InChI=1S/C23H19N3O3/c1-29-17-13-11-16(12-14-17)25-22(27)20-18-9-5-6-10-19(18)26(21(20)24)23(28)15-7-3-2-4-8-15/h2-14H,24H2,1H3,(H,25,27). The van der Waals surface area contributed by atoms with Crippen molar-refractivity contribution in [1.82, 2.24) is 4.57 Å². The number of benzene rings is 3. The Morgan fingerprint density at radius 3 is 2.24 bits per heavy atom. The number of carbonyl (C=O) groups is 2. The predicted octanol–water partition coefficient (Wildman–Crippen LogP) is 4.17. The molecule has 3 aromatic carbocycles. The van der Waals surface area contributed by atoms with Crippen LogP contribution in [0.4, 0.5) is 11.5 Å². The van der Waals surface area contributed by atoms with Gasteiger partial charge in [0.2, 0.25) is 0 Å². The molecule has 144 valence electrons. The number of aromatic nitrogens is 1. The van der Waals surface area contributed by atoms with Gasteiger partial charge in [-0.15, -0.1) is 0 Å². The topological polar surface area (TPSA) is 86.3 Å². The number of nitrogens with two attached hydrogens (primary N) is 1. The number of hydrogen-bond donors (Lipinski definition) is 2. The van der Waals surface area contributed by atoms with Crippen molar-refractivity contribution in [2.75, 3.05) is 18.2 Å². The number of rotatable bonds is 4. The van der Waals surface area contributed by atoms with Crippen molar-refractivity contribution < 1.29 is 14.3 Å². The van der Waals surface area contributed by atoms with Crippen molar-refractivity contribution in [3.05, 3.63) is 90.0 Å². The number of methoxy groups -OCH3 is 1. The Labute approximate surface area is 167 Å². The van der Waals surface area contributed by atoms with Gasteiger partial charge in [0.15, 0.2) is 0 Å². The highest BCUT2D eigenvalue weighted by Crippen LogP contribution is 2.30. The van der Waals surface area contributed by atoms with Crippen LogP contribution in [0.3, 0.4) is 0 Å². The zero-order valence-corrected chi connectivity index (χ0v) is 15.8. The van der Waals surface area contributed by atoms with Gasteiger partial charge in [-0.05, 0) is 42.5 Å². The second kappa shape index (κ2) is 7.52. The number of nitrogens with one attached hydrogen (secondary N) is 1. The molecule has 4 aromatic rings. The summed E-state index contributed by atoms with van der Waals surface area (Å²) in [5.74, 6) is 0.116. The summed E-state index contributed by atoms with van der Waals surface area (Å²) in [7, 11) is 1.58. The molecule has 0 atom stereocenters. The largest absolute Gasteiger partial charge is 0.497 e. The highest BCUT2D eigenvalue weighted by molar-refractivity contribution is 6.19. The summed E-state index contributed by atoms with van der Waals surface area (Å²) in [4.78, 5) is 26.1. The Bertz CT molecular complexity index is 1200. The summed E-state index contributed by atoms with van der Waals surface area (Å²) in [6.07, 6.45) is 0. The molecule has 0 aliphatic rings. The smallest absolute Gasteiger partial charge is 0.263 e. The molecule has 0 saturated carbocycles. The quantitative estimate of drug-likeness (QED) is 0.552. The Kier molecular flexibility index (Phi) is 4.75. The second-order valence-electron chi connectivity index (χ2n) is 6.47. The van der Waals surface area contributed by atoms with Crippen LogP contribution in [0.1, 0.15) is 20.7 Å². The molecule has 0 bridgehead atoms. The van der Waals surface area contributed by atoms with Crippen LogP contribution in [-0.4, -0.2) is 23.5 Å². The monoisotopic (exact) mass is 385 g/mol. The van der Waals surface area contributed by atoms with Gasteiger partial charge in [0.1, 0.15) is 11.6 Å². The van der Waals surface area contributed by atoms with Crippen molar-refractivity contribution in [3.63, 3.8) is 0 Å². The van der Waals surface area contributed by atoms with Gasteiger partial charge in [0.05, 0.1) is 18.2 Å². The number of hydrogen-bond acceptors (Lipinski definition) is 4. The number of fused-ring (bicyclic) bond motifs is 1. The first-order valence-corrected chi connectivity index (χ1v) is 9.04. The van der Waals surface area contributed by atoms with E-state index in [1.54, 1.807) is 67.8 Å². The number of ether oxygens (including phenoxy) is 1. The molecule has 0 aliphatic heterocycles. The summed E-state index contributed by atoms with van der Waals surface area (Å²) in [6, 6.07) is 23.0.